The third-order valence-electron chi connectivity index (χ3n) is 0.910. The van der Waals surface area contributed by atoms with E-state index in [2.05, 4.69) is 0 Å². The molecule has 0 N–H and O–H groups in total. The lowest BCUT2D eigenvalue weighted by atomic mass is 10.4. The minimum Gasteiger partial charge on any atom is -0.383 e. The van der Waals surface area contributed by atoms with Crippen molar-refractivity contribution < 1.29 is 0 Å². The molecule has 0 rings (SSSR count). The van der Waals surface area contributed by atoms with Crippen molar-refractivity contribution in [2.75, 3.05) is 14.1 Å². The van der Waals surface area contributed by atoms with Gasteiger partial charge in [0.1, 0.15) is 0 Å². The van der Waals surface area contributed by atoms with E-state index in [1.807, 2.05) is 62.5 Å². The normalized spacial score (nSPS) is 12.3. The van der Waals surface area contributed by atoms with Crippen LogP contribution < -0.4 is 0 Å². The number of hydrogen-bond donors (Lipinski definition) is 0. The Kier molecular flexibility index (Phi) is 5.54. The van der Waals surface area contributed by atoms with Crippen molar-refractivity contribution in [3.05, 3.63) is 36.6 Å². The molecule has 1 nitrogen and oxygen atoms in total. The maximum absolute atomic E-state index is 2.00. The summed E-state index contributed by atoms with van der Waals surface area (Å²) in [5, 5.41) is 0. The molecule has 0 atom stereocenters. The van der Waals surface area contributed by atoms with E-state index in [0.29, 0.717) is 0 Å². The van der Waals surface area contributed by atoms with E-state index in [4.69, 9.17) is 0 Å². The number of hydrogen-bond acceptors (Lipinski definition) is 1. The van der Waals surface area contributed by atoms with Crippen LogP contribution in [0.4, 0.5) is 0 Å². The molecule has 0 aliphatic heterocycles. The molecule has 10 heavy (non-hydrogen) atoms. The monoisotopic (exact) mass is 137 g/mol. The second-order valence-electron chi connectivity index (χ2n) is 2.22. The Morgan fingerprint density at radius 1 is 0.900 bits per heavy atom. The summed E-state index contributed by atoms with van der Waals surface area (Å²) in [7, 11) is 4.00. The Balaban J connectivity index is 3.51. The molecule has 0 unspecified atom stereocenters. The fraction of sp³-hybridized carbons (Fsp3) is 0.333. The minimum absolute atomic E-state index is 2.00. The fourth-order valence-corrected chi connectivity index (χ4v) is 0.461. The Bertz CT molecular complexity index is 141. The Morgan fingerprint density at radius 3 is 2.00 bits per heavy atom. The smallest absolute Gasteiger partial charge is 0.00556 e. The highest BCUT2D eigenvalue weighted by molar-refractivity contribution is 5.09. The van der Waals surface area contributed by atoms with Gasteiger partial charge >= 0.3 is 0 Å². The standard InChI is InChI=1S/C9H15N/c1-4-5-6-7-8-9-10(2)3/h4-9H,1-3H3/b5-4-,7-6-,9-8?. The van der Waals surface area contributed by atoms with Gasteiger partial charge in [-0.2, -0.15) is 0 Å². The number of allylic oxidation sites excluding steroid dienone is 5. The van der Waals surface area contributed by atoms with Crippen molar-refractivity contribution in [2.45, 2.75) is 6.92 Å². The first-order valence-electron chi connectivity index (χ1n) is 3.40. The lowest BCUT2D eigenvalue weighted by Crippen LogP contribution is -1.99. The molecule has 0 aromatic heterocycles. The van der Waals surface area contributed by atoms with Gasteiger partial charge in [0.25, 0.3) is 0 Å². The molecule has 0 spiro atoms. The van der Waals surface area contributed by atoms with Gasteiger partial charge in [-0.15, -0.1) is 0 Å². The Labute approximate surface area is 63.3 Å². The van der Waals surface area contributed by atoms with Crippen molar-refractivity contribution >= 4 is 0 Å². The molecular weight excluding hydrogens is 122 g/mol. The highest BCUT2D eigenvalue weighted by Crippen LogP contribution is 1.81. The average molecular weight is 137 g/mol. The molecule has 0 aliphatic carbocycles. The summed E-state index contributed by atoms with van der Waals surface area (Å²) in [6.07, 6.45) is 12.0. The lowest BCUT2D eigenvalue weighted by molar-refractivity contribution is 0.564. The molecule has 0 aromatic carbocycles. The van der Waals surface area contributed by atoms with Crippen molar-refractivity contribution in [1.82, 2.24) is 4.90 Å². The molecule has 0 aromatic rings. The van der Waals surface area contributed by atoms with Crippen molar-refractivity contribution in [1.29, 1.82) is 0 Å². The Hall–Kier alpha value is -0.980. The molecule has 1 heteroatoms. The molecule has 0 saturated heterocycles. The summed E-state index contributed by atoms with van der Waals surface area (Å²) in [6, 6.07) is 0. The first kappa shape index (κ1) is 9.02. The van der Waals surface area contributed by atoms with Crippen LogP contribution in [0.2, 0.25) is 0 Å². The quantitative estimate of drug-likeness (QED) is 0.539. The largest absolute Gasteiger partial charge is 0.383 e. The van der Waals surface area contributed by atoms with E-state index < -0.39 is 0 Å². The lowest BCUT2D eigenvalue weighted by Gasteiger charge is -2.00. The predicted molar refractivity (Wildman–Crippen MR) is 46.8 cm³/mol. The maximum Gasteiger partial charge on any atom is 0.00556 e. The van der Waals surface area contributed by atoms with Gasteiger partial charge in [-0.25, -0.2) is 0 Å². The van der Waals surface area contributed by atoms with Crippen LogP contribution in [-0.2, 0) is 0 Å². The molecule has 0 amide bonds. The van der Waals surface area contributed by atoms with E-state index >= 15 is 0 Å². The van der Waals surface area contributed by atoms with Crippen molar-refractivity contribution in [2.24, 2.45) is 0 Å². The highest BCUT2D eigenvalue weighted by atomic mass is 15.0. The molecule has 0 saturated carbocycles. The van der Waals surface area contributed by atoms with Gasteiger partial charge in [0.15, 0.2) is 0 Å². The fourth-order valence-electron chi connectivity index (χ4n) is 0.461. The van der Waals surface area contributed by atoms with Gasteiger partial charge in [-0.1, -0.05) is 24.3 Å². The van der Waals surface area contributed by atoms with E-state index in [9.17, 15) is 0 Å². The molecule has 0 radical (unpaired) electrons. The number of nitrogens with zero attached hydrogens (tertiary/aromatic N) is 1. The summed E-state index contributed by atoms with van der Waals surface area (Å²) in [5.41, 5.74) is 0. The first-order chi connectivity index (χ1) is 4.77. The second kappa shape index (κ2) is 6.14. The third-order valence-corrected chi connectivity index (χ3v) is 0.910. The predicted octanol–water partition coefficient (Wildman–Crippen LogP) is 2.19. The van der Waals surface area contributed by atoms with E-state index in [-0.39, 0.29) is 0 Å². The van der Waals surface area contributed by atoms with Crippen LogP contribution >= 0.6 is 0 Å². The molecule has 0 bridgehead atoms. The zero-order valence-corrected chi connectivity index (χ0v) is 6.91. The SMILES string of the molecule is C/C=C\C=C/C=CN(C)C. The van der Waals surface area contributed by atoms with Gasteiger partial charge < -0.3 is 4.90 Å². The zero-order chi connectivity index (χ0) is 7.82. The summed E-state index contributed by atoms with van der Waals surface area (Å²) in [4.78, 5) is 2.00. The van der Waals surface area contributed by atoms with Crippen LogP contribution in [-0.4, -0.2) is 19.0 Å². The second-order valence-corrected chi connectivity index (χ2v) is 2.22. The maximum atomic E-state index is 2.00. The summed E-state index contributed by atoms with van der Waals surface area (Å²) < 4.78 is 0. The van der Waals surface area contributed by atoms with Crippen LogP contribution in [0.3, 0.4) is 0 Å². The van der Waals surface area contributed by atoms with Crippen molar-refractivity contribution in [3.63, 3.8) is 0 Å². The molecule has 0 fully saturated rings. The molecular formula is C9H15N. The first-order valence-corrected chi connectivity index (χ1v) is 3.40. The number of rotatable bonds is 3. The van der Waals surface area contributed by atoms with Gasteiger partial charge in [0, 0.05) is 14.1 Å². The van der Waals surface area contributed by atoms with E-state index in [0.717, 1.165) is 0 Å². The zero-order valence-electron chi connectivity index (χ0n) is 6.91. The molecule has 0 heterocycles. The van der Waals surface area contributed by atoms with E-state index in [1.165, 1.54) is 0 Å². The van der Waals surface area contributed by atoms with Crippen LogP contribution in [0.15, 0.2) is 36.6 Å². The van der Waals surface area contributed by atoms with Gasteiger partial charge in [0.2, 0.25) is 0 Å². The minimum atomic E-state index is 2.00. The van der Waals surface area contributed by atoms with Crippen LogP contribution in [0.1, 0.15) is 6.92 Å². The van der Waals surface area contributed by atoms with Gasteiger partial charge in [-0.3, -0.25) is 0 Å². The van der Waals surface area contributed by atoms with Gasteiger partial charge in [-0.05, 0) is 19.2 Å². The van der Waals surface area contributed by atoms with Crippen LogP contribution in [0.5, 0.6) is 0 Å². The topological polar surface area (TPSA) is 3.24 Å². The van der Waals surface area contributed by atoms with Crippen LogP contribution in [0, 0.1) is 0 Å². The van der Waals surface area contributed by atoms with Gasteiger partial charge in [0.05, 0.1) is 0 Å². The summed E-state index contributed by atoms with van der Waals surface area (Å²) in [5.74, 6) is 0. The van der Waals surface area contributed by atoms with Crippen LogP contribution in [0.25, 0.3) is 0 Å². The van der Waals surface area contributed by atoms with Crippen molar-refractivity contribution in [3.8, 4) is 0 Å². The molecule has 0 aliphatic rings. The Morgan fingerprint density at radius 2 is 1.50 bits per heavy atom. The third kappa shape index (κ3) is 7.02. The average Bonchev–Trinajstić information content (AvgIpc) is 1.87. The summed E-state index contributed by atoms with van der Waals surface area (Å²) in [6.45, 7) is 2.00. The molecule has 56 valence electrons. The summed E-state index contributed by atoms with van der Waals surface area (Å²) >= 11 is 0. The highest BCUT2D eigenvalue weighted by Gasteiger charge is 1.69. The van der Waals surface area contributed by atoms with E-state index in [1.54, 1.807) is 0 Å².